The van der Waals surface area contributed by atoms with E-state index >= 15 is 0 Å². The van der Waals surface area contributed by atoms with Gasteiger partial charge in [0.25, 0.3) is 0 Å². The number of hydrogen-bond donors (Lipinski definition) is 1. The van der Waals surface area contributed by atoms with E-state index in [1.807, 2.05) is 4.68 Å². The number of nitrogens with one attached hydrogen (secondary N) is 1. The van der Waals surface area contributed by atoms with Gasteiger partial charge in [0.1, 0.15) is 11.6 Å². The number of methoxy groups -OCH3 is 1. The largest absolute Gasteiger partial charge is 0.495 e. The number of aryl methyl sites for hydroxylation is 2. The van der Waals surface area contributed by atoms with Crippen molar-refractivity contribution < 1.29 is 9.53 Å². The van der Waals surface area contributed by atoms with Gasteiger partial charge in [-0.3, -0.25) is 4.90 Å². The van der Waals surface area contributed by atoms with Crippen LogP contribution in [0.3, 0.4) is 0 Å². The highest BCUT2D eigenvalue weighted by Crippen LogP contribution is 2.33. The number of nitrogens with zero attached hydrogens (tertiary/aromatic N) is 4. The molecular formula is C22H23Cl2N5O2. The third-order valence-corrected chi connectivity index (χ3v) is 5.62. The van der Waals surface area contributed by atoms with Gasteiger partial charge in [-0.2, -0.15) is 5.10 Å². The lowest BCUT2D eigenvalue weighted by atomic mass is 10.2. The van der Waals surface area contributed by atoms with Gasteiger partial charge in [-0.25, -0.2) is 14.5 Å². The van der Waals surface area contributed by atoms with Gasteiger partial charge in [0.15, 0.2) is 5.82 Å². The van der Waals surface area contributed by atoms with Crippen molar-refractivity contribution in [2.45, 2.75) is 38.8 Å². The molecule has 0 saturated heterocycles. The summed E-state index contributed by atoms with van der Waals surface area (Å²) in [5, 5.41) is 8.63. The van der Waals surface area contributed by atoms with Crippen molar-refractivity contribution in [1.82, 2.24) is 14.8 Å². The summed E-state index contributed by atoms with van der Waals surface area (Å²) in [6.45, 7) is 1.02. The monoisotopic (exact) mass is 459 g/mol. The number of carbonyl (C=O) groups excluding carboxylic acids is 1. The van der Waals surface area contributed by atoms with E-state index in [0.717, 1.165) is 31.6 Å². The average Bonchev–Trinajstić information content (AvgIpc) is 3.02. The van der Waals surface area contributed by atoms with Gasteiger partial charge < -0.3 is 10.1 Å². The maximum atomic E-state index is 13.3. The standard InChI is InChI=1S/C22H23Cl2N5O2/c1-31-19-11-8-16(24)13-18(19)28(22(30)25-17-9-6-15(23)7-10-17)14-20-26-21-5-3-2-4-12-29(21)27-20/h6-11,13H,2-5,12,14H2,1H3,(H,25,30). The van der Waals surface area contributed by atoms with Crippen molar-refractivity contribution in [3.8, 4) is 5.75 Å². The van der Waals surface area contributed by atoms with Crippen LogP contribution in [0.5, 0.6) is 5.75 Å². The van der Waals surface area contributed by atoms with Gasteiger partial charge in [0, 0.05) is 28.7 Å². The highest BCUT2D eigenvalue weighted by Gasteiger charge is 2.24. The zero-order chi connectivity index (χ0) is 21.8. The number of urea groups is 1. The van der Waals surface area contributed by atoms with Crippen LogP contribution >= 0.6 is 23.2 Å². The van der Waals surface area contributed by atoms with Crippen molar-refractivity contribution in [2.75, 3.05) is 17.3 Å². The molecule has 162 valence electrons. The zero-order valence-corrected chi connectivity index (χ0v) is 18.7. The molecule has 0 saturated carbocycles. The van der Waals surface area contributed by atoms with Crippen LogP contribution in [0, 0.1) is 0 Å². The lowest BCUT2D eigenvalue weighted by Crippen LogP contribution is -2.35. The first kappa shape index (κ1) is 21.5. The molecule has 0 atom stereocenters. The molecule has 7 nitrogen and oxygen atoms in total. The number of rotatable bonds is 5. The second kappa shape index (κ2) is 9.58. The first-order chi connectivity index (χ1) is 15.0. The second-order valence-electron chi connectivity index (χ2n) is 7.32. The average molecular weight is 460 g/mol. The van der Waals surface area contributed by atoms with Crippen LogP contribution in [-0.2, 0) is 19.5 Å². The Kier molecular flexibility index (Phi) is 6.63. The summed E-state index contributed by atoms with van der Waals surface area (Å²) < 4.78 is 7.44. The lowest BCUT2D eigenvalue weighted by molar-refractivity contribution is 0.256. The Morgan fingerprint density at radius 1 is 1.13 bits per heavy atom. The summed E-state index contributed by atoms with van der Waals surface area (Å²) in [7, 11) is 1.55. The normalized spacial score (nSPS) is 13.3. The zero-order valence-electron chi connectivity index (χ0n) is 17.1. The minimum absolute atomic E-state index is 0.177. The number of carbonyl (C=O) groups is 1. The number of anilines is 2. The van der Waals surface area contributed by atoms with E-state index in [-0.39, 0.29) is 12.6 Å². The molecule has 2 heterocycles. The number of ether oxygens (including phenoxy) is 1. The van der Waals surface area contributed by atoms with Crippen LogP contribution in [0.25, 0.3) is 0 Å². The molecule has 31 heavy (non-hydrogen) atoms. The molecule has 1 aliphatic rings. The molecule has 3 aromatic rings. The molecule has 0 fully saturated rings. The van der Waals surface area contributed by atoms with Crippen LogP contribution < -0.4 is 15.0 Å². The SMILES string of the molecule is COc1ccc(Cl)cc1N(Cc1nc2n(n1)CCCCC2)C(=O)Nc1ccc(Cl)cc1. The molecule has 0 spiro atoms. The maximum absolute atomic E-state index is 13.3. The summed E-state index contributed by atoms with van der Waals surface area (Å²) in [6.07, 6.45) is 4.25. The molecule has 0 unspecified atom stereocenters. The summed E-state index contributed by atoms with van der Waals surface area (Å²) in [6, 6.07) is 11.7. The number of amides is 2. The first-order valence-corrected chi connectivity index (χ1v) is 10.9. The number of fused-ring (bicyclic) bond motifs is 1. The van der Waals surface area contributed by atoms with Crippen LogP contribution in [-0.4, -0.2) is 27.9 Å². The van der Waals surface area contributed by atoms with Crippen LogP contribution in [0.15, 0.2) is 42.5 Å². The molecule has 9 heteroatoms. The Bertz CT molecular complexity index is 1040. The molecular weight excluding hydrogens is 437 g/mol. The lowest BCUT2D eigenvalue weighted by Gasteiger charge is -2.24. The van der Waals surface area contributed by atoms with E-state index in [0.29, 0.717) is 33.0 Å². The second-order valence-corrected chi connectivity index (χ2v) is 8.19. The molecule has 1 aliphatic heterocycles. The molecule has 0 aliphatic carbocycles. The van der Waals surface area contributed by atoms with Crippen molar-refractivity contribution >= 4 is 40.6 Å². The summed E-state index contributed by atoms with van der Waals surface area (Å²) in [5.74, 6) is 2.06. The minimum Gasteiger partial charge on any atom is -0.495 e. The fourth-order valence-electron chi connectivity index (χ4n) is 3.58. The Hall–Kier alpha value is -2.77. The quantitative estimate of drug-likeness (QED) is 0.541. The molecule has 1 N–H and O–H groups in total. The van der Waals surface area contributed by atoms with E-state index in [9.17, 15) is 4.79 Å². The smallest absolute Gasteiger partial charge is 0.326 e. The third-order valence-electron chi connectivity index (χ3n) is 5.13. The molecule has 1 aromatic heterocycles. The summed E-state index contributed by atoms with van der Waals surface area (Å²) in [4.78, 5) is 19.5. The van der Waals surface area contributed by atoms with Crippen molar-refractivity contribution in [3.05, 3.63) is 64.2 Å². The number of benzene rings is 2. The number of halogens is 2. The van der Waals surface area contributed by atoms with Crippen LogP contribution in [0.2, 0.25) is 10.0 Å². The van der Waals surface area contributed by atoms with Gasteiger partial charge in [0.2, 0.25) is 0 Å². The van der Waals surface area contributed by atoms with Crippen molar-refractivity contribution in [1.29, 1.82) is 0 Å². The minimum atomic E-state index is -0.354. The number of hydrogen-bond acceptors (Lipinski definition) is 4. The number of aromatic nitrogens is 3. The van der Waals surface area contributed by atoms with Gasteiger partial charge in [-0.15, -0.1) is 0 Å². The first-order valence-electron chi connectivity index (χ1n) is 10.1. The fourth-order valence-corrected chi connectivity index (χ4v) is 3.88. The van der Waals surface area contributed by atoms with E-state index in [2.05, 4.69) is 10.4 Å². The maximum Gasteiger partial charge on any atom is 0.326 e. The van der Waals surface area contributed by atoms with Crippen molar-refractivity contribution in [3.63, 3.8) is 0 Å². The van der Waals surface area contributed by atoms with E-state index in [4.69, 9.17) is 32.9 Å². The highest BCUT2D eigenvalue weighted by atomic mass is 35.5. The topological polar surface area (TPSA) is 72.3 Å². The van der Waals surface area contributed by atoms with E-state index in [1.54, 1.807) is 49.6 Å². The summed E-state index contributed by atoms with van der Waals surface area (Å²) in [5.41, 5.74) is 1.15. The Labute approximate surface area is 190 Å². The Morgan fingerprint density at radius 2 is 1.90 bits per heavy atom. The summed E-state index contributed by atoms with van der Waals surface area (Å²) >= 11 is 12.2. The van der Waals surface area contributed by atoms with Gasteiger partial charge in [0.05, 0.1) is 19.3 Å². The molecule has 2 amide bonds. The predicted octanol–water partition coefficient (Wildman–Crippen LogP) is 5.56. The van der Waals surface area contributed by atoms with Gasteiger partial charge in [-0.05, 0) is 55.3 Å². The van der Waals surface area contributed by atoms with Gasteiger partial charge in [-0.1, -0.05) is 29.6 Å². The molecule has 2 aromatic carbocycles. The third kappa shape index (κ3) is 5.11. The van der Waals surface area contributed by atoms with E-state index < -0.39 is 0 Å². The Balaban J connectivity index is 1.66. The fraction of sp³-hybridized carbons (Fsp3) is 0.318. The van der Waals surface area contributed by atoms with Crippen LogP contribution in [0.4, 0.5) is 16.2 Å². The van der Waals surface area contributed by atoms with Crippen LogP contribution in [0.1, 0.15) is 30.9 Å². The molecule has 0 radical (unpaired) electrons. The molecule has 0 bridgehead atoms. The predicted molar refractivity (Wildman–Crippen MR) is 122 cm³/mol. The van der Waals surface area contributed by atoms with E-state index in [1.165, 1.54) is 11.3 Å². The Morgan fingerprint density at radius 3 is 2.68 bits per heavy atom. The highest BCUT2D eigenvalue weighted by molar-refractivity contribution is 6.31. The molecule has 4 rings (SSSR count). The van der Waals surface area contributed by atoms with Gasteiger partial charge >= 0.3 is 6.03 Å². The van der Waals surface area contributed by atoms with Crippen molar-refractivity contribution in [2.24, 2.45) is 0 Å².